The molecule has 0 radical (unpaired) electrons. The Morgan fingerprint density at radius 2 is 1.08 bits per heavy atom. The highest BCUT2D eigenvalue weighted by Crippen LogP contribution is 2.27. The standard InChI is InChI=1S/C12H12ClNO2.C12H13NO3.C2Cl2O2/c1-7(2)14-6-9-4-3-8(11(13)15)5-10(9)12(14)16;1-7(2)13-6-9-4-3-8(12(15)16)5-10(9)11(13)14;3-1(5)2(4)6/h3-5,7H,6H2,1-2H3;3-5,7H,6H2,1-2H3,(H,15,16);. The molecule has 9 nitrogen and oxygen atoms in total. The number of hydrogen-bond acceptors (Lipinski definition) is 6. The first-order chi connectivity index (χ1) is 17.6. The van der Waals surface area contributed by atoms with Crippen LogP contribution in [0, 0.1) is 0 Å². The SMILES string of the molecule is CC(C)N1Cc2ccc(C(=O)Cl)cc2C1=O.CC(C)N1Cc2ccc(C(=O)O)cc2C1=O.O=C(Cl)C(=O)Cl. The maximum Gasteiger partial charge on any atom is 0.335 e. The summed E-state index contributed by atoms with van der Waals surface area (Å²) in [5.74, 6) is -1.10. The molecule has 0 saturated heterocycles. The predicted molar refractivity (Wildman–Crippen MR) is 142 cm³/mol. The van der Waals surface area contributed by atoms with Gasteiger partial charge < -0.3 is 14.9 Å². The lowest BCUT2D eigenvalue weighted by Crippen LogP contribution is -2.30. The van der Waals surface area contributed by atoms with Gasteiger partial charge in [0.2, 0.25) is 0 Å². The predicted octanol–water partition coefficient (Wildman–Crippen LogP) is 4.70. The van der Waals surface area contributed by atoms with Crippen molar-refractivity contribution >= 4 is 68.3 Å². The number of halogens is 3. The van der Waals surface area contributed by atoms with Crippen LogP contribution in [0.5, 0.6) is 0 Å². The minimum atomic E-state index is -1.14. The first kappa shape index (κ1) is 31.0. The second-order valence-electron chi connectivity index (χ2n) is 8.92. The molecule has 1 N–H and O–H groups in total. The van der Waals surface area contributed by atoms with Crippen LogP contribution in [0.15, 0.2) is 36.4 Å². The normalized spacial score (nSPS) is 13.4. The van der Waals surface area contributed by atoms with Gasteiger partial charge in [-0.2, -0.15) is 0 Å². The fourth-order valence-corrected chi connectivity index (χ4v) is 3.85. The molecule has 0 atom stereocenters. The van der Waals surface area contributed by atoms with E-state index in [0.717, 1.165) is 11.1 Å². The molecule has 0 fully saturated rings. The molecular formula is C26H25Cl3N2O7. The van der Waals surface area contributed by atoms with Crippen LogP contribution in [0.3, 0.4) is 0 Å². The van der Waals surface area contributed by atoms with E-state index in [1.807, 2.05) is 27.7 Å². The Balaban J connectivity index is 0.000000221. The fourth-order valence-electron chi connectivity index (χ4n) is 3.74. The lowest BCUT2D eigenvalue weighted by Gasteiger charge is -2.19. The van der Waals surface area contributed by atoms with Gasteiger partial charge >= 0.3 is 16.5 Å². The second-order valence-corrected chi connectivity index (χ2v) is 9.95. The Hall–Kier alpha value is -3.27. The number of aromatic carboxylic acids is 1. The van der Waals surface area contributed by atoms with Crippen LogP contribution >= 0.6 is 34.8 Å². The van der Waals surface area contributed by atoms with Gasteiger partial charge in [-0.05, 0) is 97.9 Å². The maximum atomic E-state index is 12.0. The highest BCUT2D eigenvalue weighted by molar-refractivity contribution is 6.97. The molecule has 0 aromatic heterocycles. The van der Waals surface area contributed by atoms with Crippen molar-refractivity contribution in [1.29, 1.82) is 0 Å². The van der Waals surface area contributed by atoms with Crippen LogP contribution < -0.4 is 0 Å². The molecule has 0 saturated carbocycles. The number of fused-ring (bicyclic) bond motifs is 2. The highest BCUT2D eigenvalue weighted by Gasteiger charge is 2.30. The third-order valence-corrected chi connectivity index (χ3v) is 6.42. The Kier molecular flexibility index (Phi) is 10.6. The zero-order valence-corrected chi connectivity index (χ0v) is 23.2. The van der Waals surface area contributed by atoms with Gasteiger partial charge in [-0.25, -0.2) is 4.79 Å². The van der Waals surface area contributed by atoms with Crippen LogP contribution in [-0.4, -0.2) is 60.5 Å². The van der Waals surface area contributed by atoms with E-state index < -0.39 is 21.7 Å². The van der Waals surface area contributed by atoms with E-state index in [-0.39, 0.29) is 29.5 Å². The topological polar surface area (TPSA) is 129 Å². The molecule has 2 aromatic carbocycles. The molecule has 0 bridgehead atoms. The molecule has 202 valence electrons. The molecule has 0 unspecified atom stereocenters. The summed E-state index contributed by atoms with van der Waals surface area (Å²) in [6, 6.07) is 10.1. The Labute approximate surface area is 234 Å². The van der Waals surface area contributed by atoms with E-state index in [1.54, 1.807) is 34.1 Å². The number of carboxylic acid groups (broad SMARTS) is 1. The summed E-state index contributed by atoms with van der Waals surface area (Å²) in [7, 11) is 0. The largest absolute Gasteiger partial charge is 0.478 e. The Morgan fingerprint density at radius 3 is 1.39 bits per heavy atom. The van der Waals surface area contributed by atoms with E-state index >= 15 is 0 Å². The van der Waals surface area contributed by atoms with Crippen LogP contribution in [0.25, 0.3) is 0 Å². The van der Waals surface area contributed by atoms with Gasteiger partial charge in [-0.3, -0.25) is 24.0 Å². The summed E-state index contributed by atoms with van der Waals surface area (Å²) in [4.78, 5) is 68.1. The van der Waals surface area contributed by atoms with Crippen LogP contribution in [0.2, 0.25) is 0 Å². The molecule has 2 amide bonds. The van der Waals surface area contributed by atoms with Gasteiger partial charge in [-0.1, -0.05) is 12.1 Å². The van der Waals surface area contributed by atoms with E-state index in [9.17, 15) is 28.8 Å². The minimum absolute atomic E-state index is 0.0234. The third-order valence-electron chi connectivity index (χ3n) is 5.76. The molecule has 4 rings (SSSR count). The first-order valence-corrected chi connectivity index (χ1v) is 12.5. The van der Waals surface area contributed by atoms with Crippen molar-refractivity contribution in [3.8, 4) is 0 Å². The third kappa shape index (κ3) is 7.40. The number of benzene rings is 2. The number of nitrogens with zero attached hydrogens (tertiary/aromatic N) is 2. The van der Waals surface area contributed by atoms with Crippen molar-refractivity contribution in [1.82, 2.24) is 9.80 Å². The number of rotatable bonds is 5. The average molecular weight is 584 g/mol. The number of carbonyl (C=O) groups is 6. The molecular weight excluding hydrogens is 559 g/mol. The summed E-state index contributed by atoms with van der Waals surface area (Å²) < 4.78 is 0. The quantitative estimate of drug-likeness (QED) is 0.399. The van der Waals surface area contributed by atoms with E-state index in [2.05, 4.69) is 23.2 Å². The number of amides is 2. The molecule has 0 spiro atoms. The average Bonchev–Trinajstić information content (AvgIpc) is 3.36. The first-order valence-electron chi connectivity index (χ1n) is 11.4. The van der Waals surface area contributed by atoms with Gasteiger partial charge in [0.05, 0.1) is 5.56 Å². The zero-order valence-electron chi connectivity index (χ0n) is 21.0. The number of carboxylic acids is 1. The summed E-state index contributed by atoms with van der Waals surface area (Å²) in [5, 5.41) is 6.04. The van der Waals surface area contributed by atoms with Gasteiger partial charge in [0.25, 0.3) is 17.1 Å². The van der Waals surface area contributed by atoms with Crippen LogP contribution in [-0.2, 0) is 22.7 Å². The van der Waals surface area contributed by atoms with E-state index in [1.165, 1.54) is 12.1 Å². The Bertz CT molecular complexity index is 1210. The van der Waals surface area contributed by atoms with Crippen molar-refractivity contribution in [2.45, 2.75) is 52.9 Å². The lowest BCUT2D eigenvalue weighted by atomic mass is 10.1. The fraction of sp³-hybridized carbons (Fsp3) is 0.308. The summed E-state index contributed by atoms with van der Waals surface area (Å²) in [5.41, 5.74) is 3.52. The zero-order chi connectivity index (χ0) is 28.9. The van der Waals surface area contributed by atoms with Crippen LogP contribution in [0.4, 0.5) is 0 Å². The van der Waals surface area contributed by atoms with Gasteiger partial charge in [-0.15, -0.1) is 0 Å². The monoisotopic (exact) mass is 582 g/mol. The number of carbonyl (C=O) groups excluding carboxylic acids is 5. The Morgan fingerprint density at radius 1 is 0.711 bits per heavy atom. The summed E-state index contributed by atoms with van der Waals surface area (Å²) in [6.45, 7) is 9.02. The molecule has 2 aliphatic heterocycles. The molecule has 2 aromatic rings. The molecule has 2 heterocycles. The van der Waals surface area contributed by atoms with Crippen molar-refractivity contribution in [2.24, 2.45) is 0 Å². The second kappa shape index (κ2) is 13.0. The van der Waals surface area contributed by atoms with Gasteiger partial charge in [0, 0.05) is 41.9 Å². The van der Waals surface area contributed by atoms with Crippen LogP contribution in [0.1, 0.15) is 80.3 Å². The van der Waals surface area contributed by atoms with Gasteiger partial charge in [0.1, 0.15) is 0 Å². The van der Waals surface area contributed by atoms with Crippen molar-refractivity contribution < 1.29 is 33.9 Å². The van der Waals surface area contributed by atoms with E-state index in [0.29, 0.717) is 29.8 Å². The molecule has 12 heteroatoms. The maximum absolute atomic E-state index is 12.0. The molecule has 0 aliphatic carbocycles. The van der Waals surface area contributed by atoms with Gasteiger partial charge in [0.15, 0.2) is 0 Å². The van der Waals surface area contributed by atoms with Crippen molar-refractivity contribution in [2.75, 3.05) is 0 Å². The van der Waals surface area contributed by atoms with Crippen molar-refractivity contribution in [3.05, 3.63) is 69.8 Å². The summed E-state index contributed by atoms with van der Waals surface area (Å²) in [6.07, 6.45) is 0. The highest BCUT2D eigenvalue weighted by atomic mass is 35.5. The molecule has 38 heavy (non-hydrogen) atoms. The molecule has 2 aliphatic rings. The van der Waals surface area contributed by atoms with Crippen molar-refractivity contribution in [3.63, 3.8) is 0 Å². The summed E-state index contributed by atoms with van der Waals surface area (Å²) >= 11 is 14.4. The van der Waals surface area contributed by atoms with E-state index in [4.69, 9.17) is 16.7 Å². The lowest BCUT2D eigenvalue weighted by molar-refractivity contribution is -0.127. The minimum Gasteiger partial charge on any atom is -0.478 e. The smallest absolute Gasteiger partial charge is 0.335 e. The number of hydrogen-bond donors (Lipinski definition) is 1.